The first-order valence-corrected chi connectivity index (χ1v) is 11.7. The molecule has 0 aliphatic carbocycles. The molecule has 4 aromatic rings. The van der Waals surface area contributed by atoms with Crippen molar-refractivity contribution in [2.75, 3.05) is 13.1 Å². The van der Waals surface area contributed by atoms with E-state index >= 15 is 0 Å². The fourth-order valence-corrected chi connectivity index (χ4v) is 4.53. The molecule has 5 rings (SSSR count). The molecule has 2 aromatic heterocycles. The Kier molecular flexibility index (Phi) is 6.66. The van der Waals surface area contributed by atoms with E-state index in [1.54, 1.807) is 48.8 Å². The van der Waals surface area contributed by atoms with E-state index in [9.17, 15) is 13.6 Å². The first-order chi connectivity index (χ1) is 17.0. The number of hydrogen-bond donors (Lipinski definition) is 0. The highest BCUT2D eigenvalue weighted by atomic mass is 19.1. The molecule has 7 heteroatoms. The summed E-state index contributed by atoms with van der Waals surface area (Å²) in [4.78, 5) is 23.8. The van der Waals surface area contributed by atoms with E-state index < -0.39 is 0 Å². The third kappa shape index (κ3) is 5.45. The van der Waals surface area contributed by atoms with Gasteiger partial charge in [0.25, 0.3) is 5.91 Å². The van der Waals surface area contributed by atoms with E-state index in [-0.39, 0.29) is 23.5 Å². The summed E-state index contributed by atoms with van der Waals surface area (Å²) in [7, 11) is 0. The summed E-state index contributed by atoms with van der Waals surface area (Å²) in [6.07, 6.45) is 5.77. The van der Waals surface area contributed by atoms with Crippen molar-refractivity contribution in [2.45, 2.75) is 31.6 Å². The van der Waals surface area contributed by atoms with Crippen molar-refractivity contribution in [2.24, 2.45) is 0 Å². The standard InChI is InChI=1S/C28H25F2N3O2/c29-23-8-3-5-19(13-23)14-25-17-32-27(35-25)22-7-4-12-33(18-22)28(34)21-10-11-31-24(16-21)15-20-6-1-2-9-26(20)30/h1-3,5-6,8-11,13,16-17,22H,4,7,12,14-15,18H2. The maximum atomic E-state index is 14.0. The number of carbonyl (C=O) groups excluding carboxylic acids is 1. The second-order valence-electron chi connectivity index (χ2n) is 8.87. The average molecular weight is 474 g/mol. The van der Waals surface area contributed by atoms with Crippen molar-refractivity contribution in [1.82, 2.24) is 14.9 Å². The van der Waals surface area contributed by atoms with Crippen LogP contribution in [0.3, 0.4) is 0 Å². The lowest BCUT2D eigenvalue weighted by Gasteiger charge is -2.31. The molecule has 35 heavy (non-hydrogen) atoms. The van der Waals surface area contributed by atoms with Crippen molar-refractivity contribution in [3.63, 3.8) is 0 Å². The van der Waals surface area contributed by atoms with Crippen LogP contribution in [-0.2, 0) is 12.8 Å². The molecule has 0 saturated carbocycles. The van der Waals surface area contributed by atoms with Gasteiger partial charge in [-0.1, -0.05) is 30.3 Å². The molecule has 1 fully saturated rings. The van der Waals surface area contributed by atoms with Crippen molar-refractivity contribution < 1.29 is 18.0 Å². The number of aromatic nitrogens is 2. The summed E-state index contributed by atoms with van der Waals surface area (Å²) in [5, 5.41) is 0. The Morgan fingerprint density at radius 2 is 1.91 bits per heavy atom. The maximum absolute atomic E-state index is 14.0. The molecule has 1 amide bonds. The van der Waals surface area contributed by atoms with E-state index in [2.05, 4.69) is 9.97 Å². The van der Waals surface area contributed by atoms with Crippen LogP contribution in [0.1, 0.15) is 57.6 Å². The predicted octanol–water partition coefficient (Wildman–Crippen LogP) is 5.55. The number of amides is 1. The minimum atomic E-state index is -0.285. The molecule has 5 nitrogen and oxygen atoms in total. The Hall–Kier alpha value is -3.87. The third-order valence-electron chi connectivity index (χ3n) is 6.29. The van der Waals surface area contributed by atoms with Gasteiger partial charge in [0.05, 0.1) is 12.1 Å². The second kappa shape index (κ2) is 10.2. The summed E-state index contributed by atoms with van der Waals surface area (Å²) in [6.45, 7) is 1.15. The summed E-state index contributed by atoms with van der Waals surface area (Å²) in [5.74, 6) is 0.612. The molecule has 0 spiro atoms. The third-order valence-corrected chi connectivity index (χ3v) is 6.29. The van der Waals surface area contributed by atoms with Crippen molar-refractivity contribution >= 4 is 5.91 Å². The van der Waals surface area contributed by atoms with Gasteiger partial charge < -0.3 is 9.32 Å². The Morgan fingerprint density at radius 3 is 2.77 bits per heavy atom. The smallest absolute Gasteiger partial charge is 0.253 e. The molecule has 2 aromatic carbocycles. The molecular formula is C28H25F2N3O2. The van der Waals surface area contributed by atoms with Crippen LogP contribution in [0.4, 0.5) is 8.78 Å². The zero-order valence-electron chi connectivity index (χ0n) is 19.2. The van der Waals surface area contributed by atoms with Crippen LogP contribution >= 0.6 is 0 Å². The normalized spacial score (nSPS) is 15.8. The predicted molar refractivity (Wildman–Crippen MR) is 127 cm³/mol. The van der Waals surface area contributed by atoms with Gasteiger partial charge in [0.2, 0.25) is 0 Å². The Balaban J connectivity index is 1.26. The van der Waals surface area contributed by atoms with Gasteiger partial charge in [-0.15, -0.1) is 0 Å². The van der Waals surface area contributed by atoms with Gasteiger partial charge in [-0.05, 0) is 54.3 Å². The number of hydrogen-bond acceptors (Lipinski definition) is 4. The Labute approximate surface area is 202 Å². The lowest BCUT2D eigenvalue weighted by atomic mass is 9.97. The number of piperidine rings is 1. The van der Waals surface area contributed by atoms with Gasteiger partial charge in [0, 0.05) is 43.4 Å². The Bertz CT molecular complexity index is 1340. The SMILES string of the molecule is O=C(c1ccnc(Cc2ccccc2F)c1)N1CCCC(c2ncc(Cc3cccc(F)c3)o2)C1. The maximum Gasteiger partial charge on any atom is 0.253 e. The van der Waals surface area contributed by atoms with E-state index in [1.165, 1.54) is 18.2 Å². The highest BCUT2D eigenvalue weighted by Crippen LogP contribution is 2.28. The Morgan fingerprint density at radius 1 is 1.03 bits per heavy atom. The van der Waals surface area contributed by atoms with Crippen LogP contribution in [-0.4, -0.2) is 33.9 Å². The van der Waals surface area contributed by atoms with Gasteiger partial charge >= 0.3 is 0 Å². The minimum absolute atomic E-state index is 0.00585. The molecule has 0 N–H and O–H groups in total. The fraction of sp³-hybridized carbons (Fsp3) is 0.250. The second-order valence-corrected chi connectivity index (χ2v) is 8.87. The van der Waals surface area contributed by atoms with Crippen LogP contribution in [0, 0.1) is 11.6 Å². The molecule has 1 aliphatic rings. The molecule has 1 atom stereocenters. The van der Waals surface area contributed by atoms with Gasteiger partial charge in [0.1, 0.15) is 17.4 Å². The van der Waals surface area contributed by atoms with E-state index in [0.29, 0.717) is 54.4 Å². The highest BCUT2D eigenvalue weighted by molar-refractivity contribution is 5.94. The van der Waals surface area contributed by atoms with E-state index in [1.807, 2.05) is 11.0 Å². The molecule has 3 heterocycles. The van der Waals surface area contributed by atoms with Gasteiger partial charge in [-0.3, -0.25) is 9.78 Å². The minimum Gasteiger partial charge on any atom is -0.445 e. The van der Waals surface area contributed by atoms with Crippen LogP contribution < -0.4 is 0 Å². The number of pyridine rings is 1. The van der Waals surface area contributed by atoms with Crippen LogP contribution in [0.5, 0.6) is 0 Å². The number of benzene rings is 2. The number of likely N-dealkylation sites (tertiary alicyclic amines) is 1. The molecule has 178 valence electrons. The summed E-state index contributed by atoms with van der Waals surface area (Å²) < 4.78 is 33.5. The molecule has 1 aliphatic heterocycles. The van der Waals surface area contributed by atoms with Crippen LogP contribution in [0.15, 0.2) is 77.5 Å². The monoisotopic (exact) mass is 473 g/mol. The van der Waals surface area contributed by atoms with E-state index in [4.69, 9.17) is 4.42 Å². The lowest BCUT2D eigenvalue weighted by molar-refractivity contribution is 0.0697. The number of halogens is 2. The quantitative estimate of drug-likeness (QED) is 0.369. The number of carbonyl (C=O) groups is 1. The molecular weight excluding hydrogens is 448 g/mol. The first-order valence-electron chi connectivity index (χ1n) is 11.7. The van der Waals surface area contributed by atoms with Gasteiger partial charge in [0.15, 0.2) is 5.89 Å². The van der Waals surface area contributed by atoms with Crippen LogP contribution in [0.25, 0.3) is 0 Å². The molecule has 1 unspecified atom stereocenters. The average Bonchev–Trinajstić information content (AvgIpc) is 3.34. The summed E-state index contributed by atoms with van der Waals surface area (Å²) in [5.41, 5.74) is 2.54. The number of rotatable bonds is 6. The number of nitrogens with zero attached hydrogens (tertiary/aromatic N) is 3. The topological polar surface area (TPSA) is 59.2 Å². The summed E-state index contributed by atoms with van der Waals surface area (Å²) in [6, 6.07) is 16.4. The zero-order chi connectivity index (χ0) is 24.2. The zero-order valence-corrected chi connectivity index (χ0v) is 19.2. The first kappa shape index (κ1) is 22.9. The van der Waals surface area contributed by atoms with Crippen LogP contribution in [0.2, 0.25) is 0 Å². The largest absolute Gasteiger partial charge is 0.445 e. The van der Waals surface area contributed by atoms with Gasteiger partial charge in [-0.2, -0.15) is 0 Å². The van der Waals surface area contributed by atoms with Crippen molar-refractivity contribution in [3.8, 4) is 0 Å². The van der Waals surface area contributed by atoms with Crippen molar-refractivity contribution in [3.05, 3.63) is 119 Å². The lowest BCUT2D eigenvalue weighted by Crippen LogP contribution is -2.39. The van der Waals surface area contributed by atoms with E-state index in [0.717, 1.165) is 18.4 Å². The van der Waals surface area contributed by atoms with Crippen molar-refractivity contribution in [1.29, 1.82) is 0 Å². The highest BCUT2D eigenvalue weighted by Gasteiger charge is 2.28. The number of oxazole rings is 1. The summed E-state index contributed by atoms with van der Waals surface area (Å²) >= 11 is 0. The molecule has 0 radical (unpaired) electrons. The fourth-order valence-electron chi connectivity index (χ4n) is 4.53. The molecule has 0 bridgehead atoms. The molecule has 1 saturated heterocycles. The van der Waals surface area contributed by atoms with Gasteiger partial charge in [-0.25, -0.2) is 13.8 Å².